The van der Waals surface area contributed by atoms with E-state index in [1.54, 1.807) is 0 Å². The van der Waals surface area contributed by atoms with Gasteiger partial charge in [-0.15, -0.1) is 11.6 Å². The highest BCUT2D eigenvalue weighted by molar-refractivity contribution is 6.30. The zero-order valence-corrected chi connectivity index (χ0v) is 12.2. The molecule has 104 valence electrons. The molecule has 0 saturated heterocycles. The fourth-order valence-electron chi connectivity index (χ4n) is 2.14. The van der Waals surface area contributed by atoms with Crippen LogP contribution >= 0.6 is 23.2 Å². The van der Waals surface area contributed by atoms with Crippen molar-refractivity contribution in [1.29, 1.82) is 0 Å². The average molecular weight is 309 g/mol. The first-order valence-corrected chi connectivity index (χ1v) is 7.07. The van der Waals surface area contributed by atoms with E-state index in [-0.39, 0.29) is 6.42 Å². The lowest BCUT2D eigenvalue weighted by Gasteiger charge is -2.12. The molecule has 0 spiro atoms. The van der Waals surface area contributed by atoms with Crippen molar-refractivity contribution < 1.29 is 9.90 Å². The molecule has 0 aromatic heterocycles. The highest BCUT2D eigenvalue weighted by atomic mass is 35.5. The van der Waals surface area contributed by atoms with E-state index in [9.17, 15) is 4.79 Å². The maximum atomic E-state index is 10.7. The Labute approximate surface area is 128 Å². The summed E-state index contributed by atoms with van der Waals surface area (Å²) in [5.74, 6) is -0.884. The van der Waals surface area contributed by atoms with Gasteiger partial charge in [-0.05, 0) is 35.2 Å². The van der Waals surface area contributed by atoms with Gasteiger partial charge in [0.1, 0.15) is 0 Å². The van der Waals surface area contributed by atoms with E-state index in [1.807, 2.05) is 48.5 Å². The van der Waals surface area contributed by atoms with Crippen molar-refractivity contribution in [3.05, 3.63) is 59.1 Å². The fraction of sp³-hybridized carbons (Fsp3) is 0.188. The minimum atomic E-state index is -0.884. The minimum absolute atomic E-state index is 0.0502. The summed E-state index contributed by atoms with van der Waals surface area (Å²) in [6.07, 6.45) is 0.460. The number of hydrogen-bond donors (Lipinski definition) is 1. The van der Waals surface area contributed by atoms with Crippen LogP contribution in [0.5, 0.6) is 0 Å². The van der Waals surface area contributed by atoms with Crippen LogP contribution in [0.2, 0.25) is 5.02 Å². The first kappa shape index (κ1) is 14.9. The SMILES string of the molecule is O=C(O)CC(Cl)Cc1ccccc1-c1cccc(Cl)c1. The predicted octanol–water partition coefficient (Wildman–Crippen LogP) is 4.63. The van der Waals surface area contributed by atoms with Crippen molar-refractivity contribution in [3.63, 3.8) is 0 Å². The lowest BCUT2D eigenvalue weighted by molar-refractivity contribution is -0.137. The Bertz CT molecular complexity index is 611. The molecule has 4 heteroatoms. The van der Waals surface area contributed by atoms with Crippen LogP contribution in [0.3, 0.4) is 0 Å². The Balaban J connectivity index is 2.29. The Kier molecular flexibility index (Phi) is 5.05. The normalized spacial score (nSPS) is 12.1. The largest absolute Gasteiger partial charge is 0.481 e. The van der Waals surface area contributed by atoms with E-state index in [4.69, 9.17) is 28.3 Å². The first-order chi connectivity index (χ1) is 9.56. The van der Waals surface area contributed by atoms with Crippen LogP contribution in [0.4, 0.5) is 0 Å². The molecule has 0 aliphatic carbocycles. The van der Waals surface area contributed by atoms with Crippen LogP contribution in [-0.2, 0) is 11.2 Å². The van der Waals surface area contributed by atoms with Gasteiger partial charge in [-0.2, -0.15) is 0 Å². The molecule has 0 radical (unpaired) electrons. The molecule has 1 N–H and O–H groups in total. The summed E-state index contributed by atoms with van der Waals surface area (Å²) >= 11 is 12.1. The van der Waals surface area contributed by atoms with Gasteiger partial charge in [-0.1, -0.05) is 48.0 Å². The molecule has 0 bridgehead atoms. The van der Waals surface area contributed by atoms with Gasteiger partial charge >= 0.3 is 5.97 Å². The topological polar surface area (TPSA) is 37.3 Å². The number of carbonyl (C=O) groups is 1. The second-order valence-corrected chi connectivity index (χ2v) is 5.62. The third-order valence-corrected chi connectivity index (χ3v) is 3.53. The average Bonchev–Trinajstić information content (AvgIpc) is 2.38. The van der Waals surface area contributed by atoms with Gasteiger partial charge in [0.25, 0.3) is 0 Å². The molecule has 1 atom stereocenters. The van der Waals surface area contributed by atoms with Crippen LogP contribution in [0.25, 0.3) is 11.1 Å². The number of rotatable bonds is 5. The molecule has 0 aliphatic rings. The van der Waals surface area contributed by atoms with E-state index >= 15 is 0 Å². The van der Waals surface area contributed by atoms with Crippen molar-refractivity contribution in [2.24, 2.45) is 0 Å². The van der Waals surface area contributed by atoms with Gasteiger partial charge in [0.2, 0.25) is 0 Å². The second-order valence-electron chi connectivity index (χ2n) is 4.57. The molecule has 2 aromatic carbocycles. The third-order valence-electron chi connectivity index (χ3n) is 2.99. The maximum absolute atomic E-state index is 10.7. The van der Waals surface area contributed by atoms with Gasteiger partial charge < -0.3 is 5.11 Å². The molecule has 0 heterocycles. The summed E-state index contributed by atoms with van der Waals surface area (Å²) in [7, 11) is 0. The van der Waals surface area contributed by atoms with Gasteiger partial charge in [-0.3, -0.25) is 4.79 Å². The highest BCUT2D eigenvalue weighted by Crippen LogP contribution is 2.28. The molecular formula is C16H14Cl2O2. The summed E-state index contributed by atoms with van der Waals surface area (Å²) < 4.78 is 0. The van der Waals surface area contributed by atoms with Crippen LogP contribution in [-0.4, -0.2) is 16.5 Å². The summed E-state index contributed by atoms with van der Waals surface area (Å²) in [4.78, 5) is 10.7. The third kappa shape index (κ3) is 3.99. The zero-order chi connectivity index (χ0) is 14.5. The standard InChI is InChI=1S/C16H14Cl2O2/c17-13-6-3-5-12(8-13)15-7-2-1-4-11(15)9-14(18)10-16(19)20/h1-8,14H,9-10H2,(H,19,20). The summed E-state index contributed by atoms with van der Waals surface area (Å²) in [6, 6.07) is 15.4. The van der Waals surface area contributed by atoms with Crippen molar-refractivity contribution >= 4 is 29.2 Å². The molecule has 20 heavy (non-hydrogen) atoms. The quantitative estimate of drug-likeness (QED) is 0.818. The Hall–Kier alpha value is -1.51. The predicted molar refractivity (Wildman–Crippen MR) is 82.5 cm³/mol. The summed E-state index contributed by atoms with van der Waals surface area (Å²) in [5, 5.41) is 9.03. The number of benzene rings is 2. The molecular weight excluding hydrogens is 295 g/mol. The Morgan fingerprint density at radius 3 is 2.60 bits per heavy atom. The molecule has 0 saturated carbocycles. The zero-order valence-electron chi connectivity index (χ0n) is 10.7. The van der Waals surface area contributed by atoms with E-state index in [2.05, 4.69) is 0 Å². The maximum Gasteiger partial charge on any atom is 0.304 e. The van der Waals surface area contributed by atoms with Gasteiger partial charge in [0.05, 0.1) is 6.42 Å². The monoisotopic (exact) mass is 308 g/mol. The molecule has 2 aromatic rings. The van der Waals surface area contributed by atoms with Crippen molar-refractivity contribution in [1.82, 2.24) is 0 Å². The van der Waals surface area contributed by atoms with Crippen molar-refractivity contribution in [3.8, 4) is 11.1 Å². The molecule has 0 amide bonds. The lowest BCUT2D eigenvalue weighted by Crippen LogP contribution is -2.10. The number of alkyl halides is 1. The highest BCUT2D eigenvalue weighted by Gasteiger charge is 2.13. The number of carboxylic acids is 1. The van der Waals surface area contributed by atoms with Gasteiger partial charge in [0, 0.05) is 10.4 Å². The van der Waals surface area contributed by atoms with Crippen LogP contribution in [0.1, 0.15) is 12.0 Å². The Morgan fingerprint density at radius 1 is 1.15 bits per heavy atom. The van der Waals surface area contributed by atoms with Crippen LogP contribution in [0.15, 0.2) is 48.5 Å². The Morgan fingerprint density at radius 2 is 1.90 bits per heavy atom. The number of carboxylic acid groups (broad SMARTS) is 1. The number of aliphatic carboxylic acids is 1. The summed E-state index contributed by atoms with van der Waals surface area (Å²) in [5.41, 5.74) is 3.06. The molecule has 1 unspecified atom stereocenters. The molecule has 0 fully saturated rings. The van der Waals surface area contributed by atoms with E-state index in [1.165, 1.54) is 0 Å². The summed E-state index contributed by atoms with van der Waals surface area (Å²) in [6.45, 7) is 0. The minimum Gasteiger partial charge on any atom is -0.481 e. The van der Waals surface area contributed by atoms with Crippen LogP contribution < -0.4 is 0 Å². The van der Waals surface area contributed by atoms with Crippen LogP contribution in [0, 0.1) is 0 Å². The van der Waals surface area contributed by atoms with E-state index < -0.39 is 11.3 Å². The smallest absolute Gasteiger partial charge is 0.304 e. The van der Waals surface area contributed by atoms with Gasteiger partial charge in [-0.25, -0.2) is 0 Å². The second kappa shape index (κ2) is 6.78. The fourth-order valence-corrected chi connectivity index (χ4v) is 2.62. The number of hydrogen-bond acceptors (Lipinski definition) is 1. The molecule has 0 aliphatic heterocycles. The molecule has 2 nitrogen and oxygen atoms in total. The lowest BCUT2D eigenvalue weighted by atomic mass is 9.96. The van der Waals surface area contributed by atoms with Gasteiger partial charge in [0.15, 0.2) is 0 Å². The van der Waals surface area contributed by atoms with Crippen molar-refractivity contribution in [2.45, 2.75) is 18.2 Å². The van der Waals surface area contributed by atoms with Crippen molar-refractivity contribution in [2.75, 3.05) is 0 Å². The molecule has 2 rings (SSSR count). The van der Waals surface area contributed by atoms with E-state index in [0.29, 0.717) is 11.4 Å². The first-order valence-electron chi connectivity index (χ1n) is 6.26. The number of halogens is 2. The van der Waals surface area contributed by atoms with E-state index in [0.717, 1.165) is 16.7 Å².